The fourth-order valence-electron chi connectivity index (χ4n) is 1.34. The van der Waals surface area contributed by atoms with Gasteiger partial charge in [-0.2, -0.15) is 0 Å². The van der Waals surface area contributed by atoms with Gasteiger partial charge in [-0.25, -0.2) is 4.90 Å². The van der Waals surface area contributed by atoms with Gasteiger partial charge in [-0.15, -0.1) is 0 Å². The number of aliphatic hydroxyl groups excluding tert-OH is 3. The van der Waals surface area contributed by atoms with Crippen molar-refractivity contribution >= 4 is 0 Å². The van der Waals surface area contributed by atoms with Crippen LogP contribution in [0.25, 0.3) is 0 Å². The highest BCUT2D eigenvalue weighted by Crippen LogP contribution is 2.07. The van der Waals surface area contributed by atoms with Crippen molar-refractivity contribution in [3.8, 4) is 0 Å². The average molecular weight is 249 g/mol. The minimum atomic E-state index is -0.312. The summed E-state index contributed by atoms with van der Waals surface area (Å²) in [7, 11) is 0. The van der Waals surface area contributed by atoms with E-state index in [1.165, 1.54) is 51.4 Å². The average Bonchev–Trinajstić information content (AvgIpc) is 2.37. The van der Waals surface area contributed by atoms with Crippen LogP contribution in [-0.2, 0) is 0 Å². The highest BCUT2D eigenvalue weighted by Gasteiger charge is 1.93. The number of rotatable bonds is 10. The Morgan fingerprint density at radius 2 is 0.882 bits per heavy atom. The monoisotopic (exact) mass is 249 g/mol. The van der Waals surface area contributed by atoms with E-state index in [-0.39, 0.29) is 20.2 Å². The van der Waals surface area contributed by atoms with Crippen LogP contribution in [0.4, 0.5) is 0 Å². The lowest BCUT2D eigenvalue weighted by Crippen LogP contribution is -2.26. The van der Waals surface area contributed by atoms with Crippen LogP contribution in [0.2, 0.25) is 0 Å². The molecule has 0 aliphatic heterocycles. The summed E-state index contributed by atoms with van der Waals surface area (Å²) in [5.41, 5.74) is 0. The molecule has 0 unspecified atom stereocenters. The Bertz CT molecular complexity index is 106. The van der Waals surface area contributed by atoms with Gasteiger partial charge in [0.1, 0.15) is 0 Å². The van der Waals surface area contributed by atoms with Crippen LogP contribution in [-0.4, -0.2) is 40.4 Å². The van der Waals surface area contributed by atoms with Gasteiger partial charge in [0.25, 0.3) is 0 Å². The highest BCUT2D eigenvalue weighted by molar-refractivity contribution is 4.43. The predicted molar refractivity (Wildman–Crippen MR) is 71.4 cm³/mol. The van der Waals surface area contributed by atoms with E-state index in [4.69, 9.17) is 15.3 Å². The number of unbranched alkanes of at least 4 members (excludes halogenated alkanes) is 7. The first-order valence-corrected chi connectivity index (χ1v) is 6.81. The van der Waals surface area contributed by atoms with Crippen molar-refractivity contribution in [1.29, 1.82) is 0 Å². The lowest BCUT2D eigenvalue weighted by atomic mass is 10.1. The maximum atomic E-state index is 8.13. The maximum Gasteiger partial charge on any atom is 0.0993 e. The maximum absolute atomic E-state index is 8.13. The lowest BCUT2D eigenvalue weighted by molar-refractivity contribution is -0.0268. The summed E-state index contributed by atoms with van der Waals surface area (Å²) in [6.07, 6.45) is 11.5. The van der Waals surface area contributed by atoms with Crippen molar-refractivity contribution in [2.45, 2.75) is 65.2 Å². The van der Waals surface area contributed by atoms with Crippen molar-refractivity contribution in [2.75, 3.05) is 20.2 Å². The van der Waals surface area contributed by atoms with E-state index in [1.807, 2.05) is 0 Å². The molecule has 17 heavy (non-hydrogen) atoms. The van der Waals surface area contributed by atoms with E-state index >= 15 is 0 Å². The largest absolute Gasteiger partial charge is 0.381 e. The Morgan fingerprint density at radius 1 is 0.588 bits per heavy atom. The van der Waals surface area contributed by atoms with Crippen LogP contribution < -0.4 is 0 Å². The van der Waals surface area contributed by atoms with E-state index < -0.39 is 0 Å². The van der Waals surface area contributed by atoms with Gasteiger partial charge in [0.05, 0.1) is 20.2 Å². The summed E-state index contributed by atoms with van der Waals surface area (Å²) < 4.78 is 0. The summed E-state index contributed by atoms with van der Waals surface area (Å²) in [6, 6.07) is 0. The molecule has 0 bridgehead atoms. The first-order chi connectivity index (χ1) is 8.26. The predicted octanol–water partition coefficient (Wildman–Crippen LogP) is 2.28. The summed E-state index contributed by atoms with van der Waals surface area (Å²) in [5.74, 6) is 0. The second-order valence-electron chi connectivity index (χ2n) is 4.22. The molecule has 0 aliphatic carbocycles. The van der Waals surface area contributed by atoms with Crippen LogP contribution in [0.1, 0.15) is 65.2 Å². The SMILES string of the molecule is CCCCCCCCCC.OCN(CO)CO. The van der Waals surface area contributed by atoms with E-state index in [0.29, 0.717) is 0 Å². The Balaban J connectivity index is 0. The third-order valence-electron chi connectivity index (χ3n) is 2.56. The molecule has 4 heteroatoms. The summed E-state index contributed by atoms with van der Waals surface area (Å²) in [4.78, 5) is 1.04. The molecule has 0 aliphatic rings. The number of hydrogen-bond acceptors (Lipinski definition) is 4. The molecule has 3 N–H and O–H groups in total. The molecular weight excluding hydrogens is 218 g/mol. The molecule has 0 fully saturated rings. The van der Waals surface area contributed by atoms with E-state index in [9.17, 15) is 0 Å². The molecule has 0 aromatic carbocycles. The van der Waals surface area contributed by atoms with Gasteiger partial charge in [-0.1, -0.05) is 65.2 Å². The molecule has 0 aromatic heterocycles. The second-order valence-corrected chi connectivity index (χ2v) is 4.22. The standard InChI is InChI=1S/C10H22.C3H9NO3/c1-3-5-7-9-10-8-6-4-2;5-1-4(2-6)3-7/h3-10H2,1-2H3;5-7H,1-3H2. The third-order valence-corrected chi connectivity index (χ3v) is 2.56. The van der Waals surface area contributed by atoms with Gasteiger partial charge in [0.2, 0.25) is 0 Å². The van der Waals surface area contributed by atoms with Crippen molar-refractivity contribution in [2.24, 2.45) is 0 Å². The number of nitrogens with zero attached hydrogens (tertiary/aromatic N) is 1. The van der Waals surface area contributed by atoms with Crippen LogP contribution in [0.5, 0.6) is 0 Å². The van der Waals surface area contributed by atoms with E-state index in [1.54, 1.807) is 0 Å². The lowest BCUT2D eigenvalue weighted by Gasteiger charge is -2.09. The molecule has 0 amide bonds. The van der Waals surface area contributed by atoms with Crippen LogP contribution in [0.15, 0.2) is 0 Å². The topological polar surface area (TPSA) is 63.9 Å². The first-order valence-electron chi connectivity index (χ1n) is 6.81. The van der Waals surface area contributed by atoms with Crippen LogP contribution >= 0.6 is 0 Å². The molecule has 0 heterocycles. The molecule has 106 valence electrons. The third kappa shape index (κ3) is 18.4. The van der Waals surface area contributed by atoms with Gasteiger partial charge < -0.3 is 15.3 Å². The Morgan fingerprint density at radius 3 is 1.06 bits per heavy atom. The molecule has 0 radical (unpaired) electrons. The minimum absolute atomic E-state index is 0.312. The summed E-state index contributed by atoms with van der Waals surface area (Å²) in [6.45, 7) is 3.60. The molecule has 0 aromatic rings. The molecular formula is C13H31NO3. The molecule has 4 nitrogen and oxygen atoms in total. The zero-order valence-corrected chi connectivity index (χ0v) is 11.6. The zero-order chi connectivity index (χ0) is 13.4. The fourth-order valence-corrected chi connectivity index (χ4v) is 1.34. The smallest absolute Gasteiger partial charge is 0.0993 e. The van der Waals surface area contributed by atoms with Gasteiger partial charge in [-0.3, -0.25) is 0 Å². The van der Waals surface area contributed by atoms with Gasteiger partial charge in [0.15, 0.2) is 0 Å². The molecule has 0 saturated carbocycles. The Labute approximate surface area is 106 Å². The second kappa shape index (κ2) is 18.2. The number of hydrogen-bond donors (Lipinski definition) is 3. The van der Waals surface area contributed by atoms with Gasteiger partial charge in [-0.05, 0) is 0 Å². The molecule has 0 atom stereocenters. The van der Waals surface area contributed by atoms with Gasteiger partial charge in [0, 0.05) is 0 Å². The summed E-state index contributed by atoms with van der Waals surface area (Å²) >= 11 is 0. The normalized spacial score (nSPS) is 10.2. The quantitative estimate of drug-likeness (QED) is 0.410. The minimum Gasteiger partial charge on any atom is -0.381 e. The molecule has 0 spiro atoms. The van der Waals surface area contributed by atoms with Crippen molar-refractivity contribution < 1.29 is 15.3 Å². The Kier molecular flexibility index (Phi) is 20.6. The highest BCUT2D eigenvalue weighted by atomic mass is 16.3. The number of aliphatic hydroxyl groups is 3. The Hall–Kier alpha value is -0.160. The molecule has 0 rings (SSSR count). The van der Waals surface area contributed by atoms with Crippen LogP contribution in [0, 0.1) is 0 Å². The fraction of sp³-hybridized carbons (Fsp3) is 1.00. The van der Waals surface area contributed by atoms with Crippen molar-refractivity contribution in [3.63, 3.8) is 0 Å². The van der Waals surface area contributed by atoms with Crippen LogP contribution in [0.3, 0.4) is 0 Å². The van der Waals surface area contributed by atoms with Gasteiger partial charge >= 0.3 is 0 Å². The molecule has 0 saturated heterocycles. The first kappa shape index (κ1) is 19.2. The van der Waals surface area contributed by atoms with E-state index in [0.717, 1.165) is 4.90 Å². The van der Waals surface area contributed by atoms with Crippen molar-refractivity contribution in [3.05, 3.63) is 0 Å². The van der Waals surface area contributed by atoms with Crippen molar-refractivity contribution in [1.82, 2.24) is 4.90 Å². The van der Waals surface area contributed by atoms with E-state index in [2.05, 4.69) is 13.8 Å². The zero-order valence-electron chi connectivity index (χ0n) is 11.6. The summed E-state index contributed by atoms with van der Waals surface area (Å²) in [5, 5.41) is 24.4.